The van der Waals surface area contributed by atoms with E-state index in [2.05, 4.69) is 0 Å². The summed E-state index contributed by atoms with van der Waals surface area (Å²) in [5.74, 6) is 0.642. The van der Waals surface area contributed by atoms with Crippen molar-refractivity contribution >= 4 is 5.78 Å². The van der Waals surface area contributed by atoms with Crippen LogP contribution < -0.4 is 14.2 Å². The maximum Gasteiger partial charge on any atom is 0.229 e. The van der Waals surface area contributed by atoms with Gasteiger partial charge >= 0.3 is 0 Å². The number of carbonyl (C=O) groups excluding carboxylic acids is 1. The molecule has 0 spiro atoms. The first-order valence-corrected chi connectivity index (χ1v) is 10.8. The molecule has 0 radical (unpaired) electrons. The molecule has 1 aliphatic rings. The summed E-state index contributed by atoms with van der Waals surface area (Å²) in [4.78, 5) is 12.3. The number of Topliss-reactive ketones (excluding diaryl/α,β-unsaturated/α-hetero) is 1. The Hall–Kier alpha value is -2.89. The Morgan fingerprint density at radius 1 is 0.941 bits per heavy atom. The van der Waals surface area contributed by atoms with Crippen LogP contribution >= 0.6 is 0 Å². The number of phenolic OH excluding ortho intramolecular Hbond substituents is 1. The lowest BCUT2D eigenvalue weighted by Crippen LogP contribution is -2.60. The van der Waals surface area contributed by atoms with Gasteiger partial charge in [0, 0.05) is 5.56 Å². The van der Waals surface area contributed by atoms with E-state index in [9.17, 15) is 30.3 Å². The number of hydrogen-bond donors (Lipinski definition) is 5. The Balaban J connectivity index is 1.92. The third kappa shape index (κ3) is 5.26. The summed E-state index contributed by atoms with van der Waals surface area (Å²) in [6, 6.07) is 8.11. The Bertz CT molecular complexity index is 1010. The van der Waals surface area contributed by atoms with Crippen LogP contribution in [0.3, 0.4) is 0 Å². The lowest BCUT2D eigenvalue weighted by Gasteiger charge is -2.39. The zero-order chi connectivity index (χ0) is 25.0. The summed E-state index contributed by atoms with van der Waals surface area (Å²) in [6.07, 6.45) is -6.64. The van der Waals surface area contributed by atoms with Gasteiger partial charge in [-0.25, -0.2) is 0 Å². The van der Waals surface area contributed by atoms with Crippen LogP contribution in [0, 0.1) is 0 Å². The van der Waals surface area contributed by atoms with Gasteiger partial charge in [0.2, 0.25) is 6.29 Å². The molecule has 0 saturated carbocycles. The van der Waals surface area contributed by atoms with Crippen molar-refractivity contribution in [1.29, 1.82) is 0 Å². The molecule has 5 atom stereocenters. The average Bonchev–Trinajstić information content (AvgIpc) is 2.83. The molecule has 10 heteroatoms. The second kappa shape index (κ2) is 11.0. The normalized spacial score (nSPS) is 24.5. The Kier molecular flexibility index (Phi) is 8.34. The quantitative estimate of drug-likeness (QED) is 0.323. The zero-order valence-electron chi connectivity index (χ0n) is 19.2. The first-order valence-electron chi connectivity index (χ1n) is 10.8. The van der Waals surface area contributed by atoms with Crippen LogP contribution in [-0.2, 0) is 17.6 Å². The SMILES string of the molecule is COc1ccc(CCc2c(O[C@H]3O[C@@H](CO)[C@H](O)[C@@H](O)[C@@H]3O)ccc(O)c2C(C)=O)cc1OC. The van der Waals surface area contributed by atoms with Gasteiger partial charge in [0.05, 0.1) is 26.4 Å². The number of aryl methyl sites for hydroxylation is 1. The Morgan fingerprint density at radius 3 is 2.24 bits per heavy atom. The number of ether oxygens (including phenoxy) is 4. The van der Waals surface area contributed by atoms with Crippen LogP contribution in [0.15, 0.2) is 30.3 Å². The summed E-state index contributed by atoms with van der Waals surface area (Å²) < 4.78 is 21.8. The molecule has 0 unspecified atom stereocenters. The molecular formula is C24H30O10. The van der Waals surface area contributed by atoms with Crippen molar-refractivity contribution in [2.45, 2.75) is 50.5 Å². The van der Waals surface area contributed by atoms with E-state index in [1.54, 1.807) is 12.1 Å². The van der Waals surface area contributed by atoms with Crippen molar-refractivity contribution in [3.63, 3.8) is 0 Å². The molecule has 3 rings (SSSR count). The second-order valence-corrected chi connectivity index (χ2v) is 8.00. The van der Waals surface area contributed by atoms with Crippen molar-refractivity contribution < 1.29 is 49.3 Å². The van der Waals surface area contributed by atoms with Gasteiger partial charge in [0.15, 0.2) is 17.3 Å². The van der Waals surface area contributed by atoms with Crippen LogP contribution in [-0.4, -0.2) is 82.8 Å². The molecule has 1 saturated heterocycles. The standard InChI is InChI=1S/C24H30O10/c1-12(26)20-14(6-4-13-5-8-17(31-2)18(10-13)32-3)16(9-7-15(20)27)33-24-23(30)22(29)21(28)19(11-25)34-24/h5,7-10,19,21-25,27-30H,4,6,11H2,1-3H3/t19-,21-,22+,23-,24-/m0/s1. The predicted octanol–water partition coefficient (Wildman–Crippen LogP) is 0.576. The van der Waals surface area contributed by atoms with Crippen molar-refractivity contribution in [2.75, 3.05) is 20.8 Å². The first-order chi connectivity index (χ1) is 16.2. The van der Waals surface area contributed by atoms with Gasteiger partial charge in [-0.3, -0.25) is 4.79 Å². The number of aliphatic hydroxyl groups is 4. The molecule has 1 heterocycles. The van der Waals surface area contributed by atoms with E-state index < -0.39 is 37.3 Å². The number of rotatable bonds is 9. The highest BCUT2D eigenvalue weighted by Gasteiger charge is 2.45. The molecule has 0 amide bonds. The molecule has 186 valence electrons. The molecule has 34 heavy (non-hydrogen) atoms. The van der Waals surface area contributed by atoms with Crippen LogP contribution in [0.25, 0.3) is 0 Å². The van der Waals surface area contributed by atoms with Crippen molar-refractivity contribution in [3.05, 3.63) is 47.0 Å². The number of ketones is 1. The lowest BCUT2D eigenvalue weighted by molar-refractivity contribution is -0.277. The highest BCUT2D eigenvalue weighted by molar-refractivity contribution is 5.99. The highest BCUT2D eigenvalue weighted by Crippen LogP contribution is 2.35. The van der Waals surface area contributed by atoms with Gasteiger partial charge in [-0.05, 0) is 49.6 Å². The minimum Gasteiger partial charge on any atom is -0.507 e. The van der Waals surface area contributed by atoms with Crippen molar-refractivity contribution in [2.24, 2.45) is 0 Å². The van der Waals surface area contributed by atoms with Crippen LogP contribution in [0.2, 0.25) is 0 Å². The minimum absolute atomic E-state index is 0.0579. The highest BCUT2D eigenvalue weighted by atomic mass is 16.7. The predicted molar refractivity (Wildman–Crippen MR) is 119 cm³/mol. The maximum atomic E-state index is 12.3. The van der Waals surface area contributed by atoms with E-state index >= 15 is 0 Å². The second-order valence-electron chi connectivity index (χ2n) is 8.00. The average molecular weight is 478 g/mol. The lowest BCUT2D eigenvalue weighted by atomic mass is 9.95. The number of benzene rings is 2. The van der Waals surface area contributed by atoms with Crippen LogP contribution in [0.1, 0.15) is 28.4 Å². The first kappa shape index (κ1) is 25.7. The zero-order valence-corrected chi connectivity index (χ0v) is 19.2. The number of aromatic hydroxyl groups is 1. The van der Waals surface area contributed by atoms with Gasteiger partial charge < -0.3 is 44.5 Å². The molecule has 0 aliphatic carbocycles. The van der Waals surface area contributed by atoms with E-state index in [-0.39, 0.29) is 29.3 Å². The topological polar surface area (TPSA) is 155 Å². The smallest absolute Gasteiger partial charge is 0.229 e. The fraction of sp³-hybridized carbons (Fsp3) is 0.458. The molecule has 1 aliphatic heterocycles. The van der Waals surface area contributed by atoms with Gasteiger partial charge in [-0.15, -0.1) is 0 Å². The molecule has 1 fully saturated rings. The fourth-order valence-electron chi connectivity index (χ4n) is 3.96. The van der Waals surface area contributed by atoms with Crippen molar-refractivity contribution in [1.82, 2.24) is 0 Å². The number of methoxy groups -OCH3 is 2. The summed E-state index contributed by atoms with van der Waals surface area (Å²) in [7, 11) is 3.06. The summed E-state index contributed by atoms with van der Waals surface area (Å²) in [5.41, 5.74) is 1.30. The largest absolute Gasteiger partial charge is 0.507 e. The van der Waals surface area contributed by atoms with Gasteiger partial charge in [0.1, 0.15) is 35.9 Å². The third-order valence-electron chi connectivity index (χ3n) is 5.80. The molecular weight excluding hydrogens is 448 g/mol. The summed E-state index contributed by atoms with van der Waals surface area (Å²) in [5, 5.41) is 50.2. The third-order valence-corrected chi connectivity index (χ3v) is 5.80. The van der Waals surface area contributed by atoms with Crippen LogP contribution in [0.5, 0.6) is 23.0 Å². The number of carbonyl (C=O) groups is 1. The Labute approximate surface area is 196 Å². The molecule has 0 bridgehead atoms. The van der Waals surface area contributed by atoms with E-state index in [1.165, 1.54) is 33.3 Å². The summed E-state index contributed by atoms with van der Waals surface area (Å²) in [6.45, 7) is 0.706. The molecule has 10 nitrogen and oxygen atoms in total. The Morgan fingerprint density at radius 2 is 1.62 bits per heavy atom. The molecule has 0 aromatic heterocycles. The molecule has 5 N–H and O–H groups in total. The number of aliphatic hydroxyl groups excluding tert-OH is 4. The molecule has 2 aromatic rings. The monoisotopic (exact) mass is 478 g/mol. The number of hydrogen-bond acceptors (Lipinski definition) is 10. The van der Waals surface area contributed by atoms with Gasteiger partial charge in [-0.2, -0.15) is 0 Å². The van der Waals surface area contributed by atoms with E-state index in [0.29, 0.717) is 23.5 Å². The maximum absolute atomic E-state index is 12.3. The van der Waals surface area contributed by atoms with E-state index in [4.69, 9.17) is 18.9 Å². The molecule has 2 aromatic carbocycles. The van der Waals surface area contributed by atoms with Crippen LogP contribution in [0.4, 0.5) is 0 Å². The van der Waals surface area contributed by atoms with E-state index in [0.717, 1.165) is 5.56 Å². The summed E-state index contributed by atoms with van der Waals surface area (Å²) >= 11 is 0. The fourth-order valence-corrected chi connectivity index (χ4v) is 3.96. The number of phenols is 1. The van der Waals surface area contributed by atoms with Gasteiger partial charge in [0.25, 0.3) is 0 Å². The van der Waals surface area contributed by atoms with Crippen molar-refractivity contribution in [3.8, 4) is 23.0 Å². The minimum atomic E-state index is -1.62. The van der Waals surface area contributed by atoms with Gasteiger partial charge in [-0.1, -0.05) is 6.07 Å². The van der Waals surface area contributed by atoms with E-state index in [1.807, 2.05) is 6.07 Å².